The fourth-order valence-electron chi connectivity index (χ4n) is 3.71. The Balaban J connectivity index is 1.51. The van der Waals surface area contributed by atoms with Crippen molar-refractivity contribution < 1.29 is 9.18 Å². The Kier molecular flexibility index (Phi) is 5.62. The van der Waals surface area contributed by atoms with Crippen LogP contribution in [-0.2, 0) is 4.79 Å². The highest BCUT2D eigenvalue weighted by molar-refractivity contribution is 6.31. The highest BCUT2D eigenvalue weighted by Gasteiger charge is 2.23. The van der Waals surface area contributed by atoms with Gasteiger partial charge >= 0.3 is 0 Å². The summed E-state index contributed by atoms with van der Waals surface area (Å²) in [6.07, 6.45) is 6.91. The van der Waals surface area contributed by atoms with Crippen LogP contribution in [0.25, 0.3) is 22.4 Å². The van der Waals surface area contributed by atoms with Crippen molar-refractivity contribution >= 4 is 34.4 Å². The topological polar surface area (TPSA) is 86.8 Å². The number of hydrogen-bond donors (Lipinski definition) is 2. The van der Waals surface area contributed by atoms with Crippen LogP contribution in [0.5, 0.6) is 0 Å². The summed E-state index contributed by atoms with van der Waals surface area (Å²) in [5.74, 6) is 0.445. The standard InChI is InChI=1S/C20H22ClFN6O/c1-2-17(29)28-5-3-4-12(11-28)7-23-20-16(22)10-26-19(27-20)15-9-25-18-14(15)6-13(21)8-24-18/h6,8-10,12H,2-5,7,11H2,1H3,(H,24,25)(H,23,26,27). The van der Waals surface area contributed by atoms with E-state index in [0.717, 1.165) is 31.0 Å². The molecule has 152 valence electrons. The zero-order valence-corrected chi connectivity index (χ0v) is 16.8. The number of likely N-dealkylation sites (tertiary alicyclic amines) is 1. The van der Waals surface area contributed by atoms with Crippen LogP contribution in [0, 0.1) is 11.7 Å². The minimum Gasteiger partial charge on any atom is -0.367 e. The summed E-state index contributed by atoms with van der Waals surface area (Å²) in [6, 6.07) is 1.77. The van der Waals surface area contributed by atoms with Crippen molar-refractivity contribution in [1.82, 2.24) is 24.8 Å². The van der Waals surface area contributed by atoms with Gasteiger partial charge in [0.2, 0.25) is 5.91 Å². The van der Waals surface area contributed by atoms with Crippen LogP contribution < -0.4 is 5.32 Å². The summed E-state index contributed by atoms with van der Waals surface area (Å²) in [7, 11) is 0. The molecule has 0 radical (unpaired) electrons. The third-order valence-electron chi connectivity index (χ3n) is 5.22. The van der Waals surface area contributed by atoms with E-state index in [0.29, 0.717) is 41.6 Å². The summed E-state index contributed by atoms with van der Waals surface area (Å²) in [5, 5.41) is 4.38. The van der Waals surface area contributed by atoms with Gasteiger partial charge in [0, 0.05) is 49.4 Å². The molecule has 1 aliphatic rings. The molecule has 3 aromatic rings. The van der Waals surface area contributed by atoms with Gasteiger partial charge in [-0.15, -0.1) is 0 Å². The average Bonchev–Trinajstić information content (AvgIpc) is 3.16. The zero-order chi connectivity index (χ0) is 20.4. The average molecular weight is 417 g/mol. The number of carbonyl (C=O) groups excluding carboxylic acids is 1. The van der Waals surface area contributed by atoms with Gasteiger partial charge in [-0.2, -0.15) is 0 Å². The summed E-state index contributed by atoms with van der Waals surface area (Å²) in [4.78, 5) is 29.6. The molecule has 9 heteroatoms. The number of aromatic amines is 1. The lowest BCUT2D eigenvalue weighted by Gasteiger charge is -2.32. The molecule has 2 N–H and O–H groups in total. The molecule has 1 atom stereocenters. The second kappa shape index (κ2) is 8.32. The summed E-state index contributed by atoms with van der Waals surface area (Å²) in [6.45, 7) is 3.90. The first-order valence-electron chi connectivity index (χ1n) is 9.72. The van der Waals surface area contributed by atoms with Gasteiger partial charge in [0.15, 0.2) is 17.5 Å². The third-order valence-corrected chi connectivity index (χ3v) is 5.42. The lowest BCUT2D eigenvalue weighted by Crippen LogP contribution is -2.41. The number of carbonyl (C=O) groups is 1. The van der Waals surface area contributed by atoms with E-state index in [1.807, 2.05) is 11.8 Å². The van der Waals surface area contributed by atoms with Crippen molar-refractivity contribution in [3.8, 4) is 11.4 Å². The molecular formula is C20H22ClFN6O. The van der Waals surface area contributed by atoms with Crippen molar-refractivity contribution in [2.75, 3.05) is 25.0 Å². The van der Waals surface area contributed by atoms with Gasteiger partial charge in [-0.05, 0) is 24.8 Å². The minimum atomic E-state index is -0.512. The molecule has 29 heavy (non-hydrogen) atoms. The number of hydrogen-bond acceptors (Lipinski definition) is 5. The third kappa shape index (κ3) is 4.17. The monoisotopic (exact) mass is 416 g/mol. The SMILES string of the molecule is CCC(=O)N1CCCC(CNc2nc(-c3c[nH]c4ncc(Cl)cc34)ncc2F)C1. The number of halogens is 2. The van der Waals surface area contributed by atoms with Crippen molar-refractivity contribution in [1.29, 1.82) is 0 Å². The van der Waals surface area contributed by atoms with Crippen LogP contribution in [0.4, 0.5) is 10.2 Å². The first kappa shape index (κ1) is 19.6. The predicted octanol–water partition coefficient (Wildman–Crippen LogP) is 3.87. The Morgan fingerprint density at radius 3 is 3.10 bits per heavy atom. The highest BCUT2D eigenvalue weighted by Crippen LogP contribution is 2.28. The molecule has 1 saturated heterocycles. The smallest absolute Gasteiger partial charge is 0.222 e. The van der Waals surface area contributed by atoms with Gasteiger partial charge in [0.25, 0.3) is 0 Å². The molecule has 0 saturated carbocycles. The maximum absolute atomic E-state index is 14.3. The van der Waals surface area contributed by atoms with Gasteiger partial charge in [-0.25, -0.2) is 19.3 Å². The number of piperidine rings is 1. The van der Waals surface area contributed by atoms with Crippen LogP contribution >= 0.6 is 11.6 Å². The molecule has 3 aromatic heterocycles. The Labute approximate surface area is 172 Å². The molecule has 1 fully saturated rings. The molecule has 0 aliphatic carbocycles. The van der Waals surface area contributed by atoms with Gasteiger partial charge < -0.3 is 15.2 Å². The Hall–Kier alpha value is -2.74. The number of aromatic nitrogens is 4. The molecule has 4 heterocycles. The van der Waals surface area contributed by atoms with Gasteiger partial charge in [-0.3, -0.25) is 4.79 Å². The fraction of sp³-hybridized carbons (Fsp3) is 0.400. The van der Waals surface area contributed by atoms with Crippen molar-refractivity contribution in [2.24, 2.45) is 5.92 Å². The lowest BCUT2D eigenvalue weighted by atomic mass is 9.97. The van der Waals surface area contributed by atoms with Crippen molar-refractivity contribution in [2.45, 2.75) is 26.2 Å². The van der Waals surface area contributed by atoms with Crippen LogP contribution in [-0.4, -0.2) is 50.4 Å². The van der Waals surface area contributed by atoms with Crippen molar-refractivity contribution in [3.05, 3.63) is 35.5 Å². The quantitative estimate of drug-likeness (QED) is 0.659. The summed E-state index contributed by atoms with van der Waals surface area (Å²) < 4.78 is 14.3. The van der Waals surface area contributed by atoms with Crippen LogP contribution in [0.1, 0.15) is 26.2 Å². The number of pyridine rings is 1. The van der Waals surface area contributed by atoms with E-state index in [1.54, 1.807) is 18.5 Å². The van der Waals surface area contributed by atoms with Crippen molar-refractivity contribution in [3.63, 3.8) is 0 Å². The predicted molar refractivity (Wildman–Crippen MR) is 110 cm³/mol. The molecule has 7 nitrogen and oxygen atoms in total. The Morgan fingerprint density at radius 1 is 1.41 bits per heavy atom. The molecule has 0 aromatic carbocycles. The number of rotatable bonds is 5. The molecule has 1 unspecified atom stereocenters. The first-order valence-corrected chi connectivity index (χ1v) is 10.1. The van der Waals surface area contributed by atoms with E-state index in [-0.39, 0.29) is 17.6 Å². The van der Waals surface area contributed by atoms with Crippen LogP contribution in [0.2, 0.25) is 5.02 Å². The van der Waals surface area contributed by atoms with Gasteiger partial charge in [0.1, 0.15) is 5.65 Å². The Bertz CT molecular complexity index is 1040. The summed E-state index contributed by atoms with van der Waals surface area (Å²) >= 11 is 6.05. The molecule has 0 spiro atoms. The fourth-order valence-corrected chi connectivity index (χ4v) is 3.86. The van der Waals surface area contributed by atoms with E-state index in [2.05, 4.69) is 25.3 Å². The van der Waals surface area contributed by atoms with Crippen LogP contribution in [0.3, 0.4) is 0 Å². The number of amides is 1. The molecule has 4 rings (SSSR count). The van der Waals surface area contributed by atoms with E-state index in [4.69, 9.17) is 11.6 Å². The van der Waals surface area contributed by atoms with Gasteiger partial charge in [0.05, 0.1) is 11.2 Å². The number of fused-ring (bicyclic) bond motifs is 1. The zero-order valence-electron chi connectivity index (χ0n) is 16.1. The molecule has 0 bridgehead atoms. The second-order valence-corrected chi connectivity index (χ2v) is 7.66. The Morgan fingerprint density at radius 2 is 2.28 bits per heavy atom. The maximum atomic E-state index is 14.3. The minimum absolute atomic E-state index is 0.151. The normalized spacial score (nSPS) is 16.9. The number of nitrogens with zero attached hydrogens (tertiary/aromatic N) is 4. The molecule has 1 amide bonds. The lowest BCUT2D eigenvalue weighted by molar-refractivity contribution is -0.132. The van der Waals surface area contributed by atoms with E-state index < -0.39 is 5.82 Å². The first-order chi connectivity index (χ1) is 14.0. The summed E-state index contributed by atoms with van der Waals surface area (Å²) in [5.41, 5.74) is 1.37. The maximum Gasteiger partial charge on any atom is 0.222 e. The van der Waals surface area contributed by atoms with E-state index in [9.17, 15) is 9.18 Å². The number of H-pyrrole nitrogens is 1. The van der Waals surface area contributed by atoms with E-state index in [1.165, 1.54) is 0 Å². The number of nitrogens with one attached hydrogen (secondary N) is 2. The molecule has 1 aliphatic heterocycles. The largest absolute Gasteiger partial charge is 0.367 e. The second-order valence-electron chi connectivity index (χ2n) is 7.22. The van der Waals surface area contributed by atoms with Crippen LogP contribution in [0.15, 0.2) is 24.7 Å². The van der Waals surface area contributed by atoms with Gasteiger partial charge in [-0.1, -0.05) is 18.5 Å². The number of anilines is 1. The van der Waals surface area contributed by atoms with E-state index >= 15 is 0 Å². The molecular weight excluding hydrogens is 395 g/mol. The highest BCUT2D eigenvalue weighted by atomic mass is 35.5.